The molecular formula is C18H21N. The number of hydrogen-bond donors (Lipinski definition) is 0. The van der Waals surface area contributed by atoms with E-state index in [0.717, 1.165) is 12.1 Å². The maximum absolute atomic E-state index is 4.80. The largest absolute Gasteiger partial charge is 0.258 e. The molecule has 1 heterocycles. The van der Waals surface area contributed by atoms with Crippen LogP contribution in [-0.2, 0) is 12.8 Å². The van der Waals surface area contributed by atoms with E-state index in [9.17, 15) is 0 Å². The first kappa shape index (κ1) is 12.4. The maximum atomic E-state index is 4.80. The molecule has 0 amide bonds. The summed E-state index contributed by atoms with van der Waals surface area (Å²) >= 11 is 0. The fourth-order valence-electron chi connectivity index (χ4n) is 3.07. The van der Waals surface area contributed by atoms with E-state index in [1.165, 1.54) is 54.5 Å². The van der Waals surface area contributed by atoms with Crippen LogP contribution in [0.4, 0.5) is 0 Å². The summed E-state index contributed by atoms with van der Waals surface area (Å²) in [6.07, 6.45) is 7.65. The number of aromatic nitrogens is 1. The van der Waals surface area contributed by atoms with Gasteiger partial charge in [0.2, 0.25) is 0 Å². The van der Waals surface area contributed by atoms with Crippen LogP contribution in [0.15, 0.2) is 36.4 Å². The van der Waals surface area contributed by atoms with Gasteiger partial charge in [0.25, 0.3) is 0 Å². The lowest BCUT2D eigenvalue weighted by molar-refractivity contribution is 0.608. The van der Waals surface area contributed by atoms with E-state index in [1.54, 1.807) is 0 Å². The Morgan fingerprint density at radius 2 is 1.63 bits per heavy atom. The Kier molecular flexibility index (Phi) is 3.63. The number of aryl methyl sites for hydroxylation is 2. The van der Waals surface area contributed by atoms with Gasteiger partial charge in [-0.1, -0.05) is 43.2 Å². The molecule has 1 heteroatoms. The summed E-state index contributed by atoms with van der Waals surface area (Å²) in [4.78, 5) is 4.80. The fraction of sp³-hybridized carbons (Fsp3) is 0.389. The molecule has 1 aromatic heterocycles. The van der Waals surface area contributed by atoms with Gasteiger partial charge in [0.05, 0.1) is 0 Å². The number of rotatable bonds is 1. The van der Waals surface area contributed by atoms with Crippen molar-refractivity contribution in [2.24, 2.45) is 0 Å². The second kappa shape index (κ2) is 5.56. The van der Waals surface area contributed by atoms with Crippen molar-refractivity contribution in [3.63, 3.8) is 0 Å². The van der Waals surface area contributed by atoms with Crippen LogP contribution in [0.1, 0.15) is 42.6 Å². The zero-order valence-electron chi connectivity index (χ0n) is 11.7. The van der Waals surface area contributed by atoms with Gasteiger partial charge in [0.15, 0.2) is 0 Å². The molecule has 1 nitrogen and oxygen atoms in total. The zero-order valence-corrected chi connectivity index (χ0v) is 11.7. The highest BCUT2D eigenvalue weighted by Crippen LogP contribution is 2.30. The van der Waals surface area contributed by atoms with Crippen LogP contribution >= 0.6 is 0 Å². The highest BCUT2D eigenvalue weighted by atomic mass is 14.7. The second-order valence-electron chi connectivity index (χ2n) is 5.52. The molecule has 0 saturated carbocycles. The van der Waals surface area contributed by atoms with E-state index in [0.29, 0.717) is 0 Å². The predicted octanol–water partition coefficient (Wildman–Crippen LogP) is 4.72. The van der Waals surface area contributed by atoms with Crippen molar-refractivity contribution in [1.82, 2.24) is 4.98 Å². The van der Waals surface area contributed by atoms with Gasteiger partial charge < -0.3 is 0 Å². The lowest BCUT2D eigenvalue weighted by Gasteiger charge is -2.18. The molecule has 0 saturated heterocycles. The standard InChI is InChI=1S/C18H21N/c1-14-13-17(15-9-5-4-6-10-15)16-11-7-2-3-8-12-18(16)19-14/h4-6,9-10,13H,2-3,7-8,11-12H2,1H3. The Labute approximate surface area is 115 Å². The van der Waals surface area contributed by atoms with Crippen LogP contribution in [0.2, 0.25) is 0 Å². The SMILES string of the molecule is Cc1cc(-c2ccccc2)c2c(n1)CCCCCC2. The summed E-state index contributed by atoms with van der Waals surface area (Å²) in [6.45, 7) is 2.12. The van der Waals surface area contributed by atoms with E-state index in [2.05, 4.69) is 43.3 Å². The average Bonchev–Trinajstić information content (AvgIpc) is 2.41. The van der Waals surface area contributed by atoms with Gasteiger partial charge in [-0.25, -0.2) is 0 Å². The second-order valence-corrected chi connectivity index (χ2v) is 5.52. The average molecular weight is 251 g/mol. The van der Waals surface area contributed by atoms with Crippen LogP contribution < -0.4 is 0 Å². The predicted molar refractivity (Wildman–Crippen MR) is 80.3 cm³/mol. The molecule has 2 aromatic rings. The Hall–Kier alpha value is -1.63. The zero-order chi connectivity index (χ0) is 13.1. The van der Waals surface area contributed by atoms with Crippen LogP contribution in [-0.4, -0.2) is 4.98 Å². The van der Waals surface area contributed by atoms with Gasteiger partial charge in [-0.2, -0.15) is 0 Å². The molecule has 0 fully saturated rings. The van der Waals surface area contributed by atoms with Gasteiger partial charge in [0.1, 0.15) is 0 Å². The Bertz CT molecular complexity index is 557. The van der Waals surface area contributed by atoms with E-state index in [-0.39, 0.29) is 0 Å². The maximum Gasteiger partial charge on any atom is 0.0444 e. The summed E-state index contributed by atoms with van der Waals surface area (Å²) in [5.74, 6) is 0. The minimum absolute atomic E-state index is 1.15. The van der Waals surface area contributed by atoms with Crippen molar-refractivity contribution in [1.29, 1.82) is 0 Å². The smallest absolute Gasteiger partial charge is 0.0444 e. The Morgan fingerprint density at radius 1 is 0.895 bits per heavy atom. The van der Waals surface area contributed by atoms with Gasteiger partial charge in [-0.3, -0.25) is 4.98 Å². The van der Waals surface area contributed by atoms with Crippen molar-refractivity contribution in [2.75, 3.05) is 0 Å². The monoisotopic (exact) mass is 251 g/mol. The van der Waals surface area contributed by atoms with Crippen molar-refractivity contribution in [3.05, 3.63) is 53.3 Å². The molecule has 1 aromatic carbocycles. The van der Waals surface area contributed by atoms with E-state index >= 15 is 0 Å². The molecule has 0 unspecified atom stereocenters. The summed E-state index contributed by atoms with van der Waals surface area (Å²) < 4.78 is 0. The topological polar surface area (TPSA) is 12.9 Å². The molecule has 1 aliphatic carbocycles. The minimum atomic E-state index is 1.15. The van der Waals surface area contributed by atoms with Crippen molar-refractivity contribution in [3.8, 4) is 11.1 Å². The van der Waals surface area contributed by atoms with Gasteiger partial charge in [0, 0.05) is 11.4 Å². The minimum Gasteiger partial charge on any atom is -0.258 e. The van der Waals surface area contributed by atoms with Crippen molar-refractivity contribution < 1.29 is 0 Å². The van der Waals surface area contributed by atoms with E-state index in [1.807, 2.05) is 0 Å². The summed E-state index contributed by atoms with van der Waals surface area (Å²) in [5, 5.41) is 0. The normalized spacial score (nSPS) is 15.4. The molecule has 0 atom stereocenters. The molecule has 0 aliphatic heterocycles. The summed E-state index contributed by atoms with van der Waals surface area (Å²) in [7, 11) is 0. The van der Waals surface area contributed by atoms with Crippen molar-refractivity contribution in [2.45, 2.75) is 45.4 Å². The summed E-state index contributed by atoms with van der Waals surface area (Å²) in [6, 6.07) is 13.0. The van der Waals surface area contributed by atoms with E-state index < -0.39 is 0 Å². The van der Waals surface area contributed by atoms with Crippen LogP contribution in [0.5, 0.6) is 0 Å². The number of benzene rings is 1. The molecule has 19 heavy (non-hydrogen) atoms. The number of pyridine rings is 1. The van der Waals surface area contributed by atoms with E-state index in [4.69, 9.17) is 4.98 Å². The Morgan fingerprint density at radius 3 is 2.42 bits per heavy atom. The number of fused-ring (bicyclic) bond motifs is 1. The Balaban J connectivity index is 2.13. The van der Waals surface area contributed by atoms with Gasteiger partial charge >= 0.3 is 0 Å². The van der Waals surface area contributed by atoms with Crippen molar-refractivity contribution >= 4 is 0 Å². The molecule has 1 aliphatic rings. The first-order valence-corrected chi connectivity index (χ1v) is 7.39. The number of hydrogen-bond acceptors (Lipinski definition) is 1. The molecular weight excluding hydrogens is 230 g/mol. The molecule has 3 rings (SSSR count). The molecule has 0 bridgehead atoms. The number of nitrogens with zero attached hydrogens (tertiary/aromatic N) is 1. The molecule has 0 radical (unpaired) electrons. The first-order chi connectivity index (χ1) is 9.34. The first-order valence-electron chi connectivity index (χ1n) is 7.39. The molecule has 0 spiro atoms. The van der Waals surface area contributed by atoms with Crippen LogP contribution in [0.25, 0.3) is 11.1 Å². The molecule has 0 N–H and O–H groups in total. The summed E-state index contributed by atoms with van der Waals surface area (Å²) in [5.41, 5.74) is 6.74. The third kappa shape index (κ3) is 2.70. The van der Waals surface area contributed by atoms with Crippen LogP contribution in [0, 0.1) is 6.92 Å². The van der Waals surface area contributed by atoms with Gasteiger partial charge in [-0.15, -0.1) is 0 Å². The third-order valence-corrected chi connectivity index (χ3v) is 4.01. The quantitative estimate of drug-likeness (QED) is 0.715. The fourth-order valence-corrected chi connectivity index (χ4v) is 3.07. The highest BCUT2D eigenvalue weighted by Gasteiger charge is 2.14. The lowest BCUT2D eigenvalue weighted by Crippen LogP contribution is -2.06. The van der Waals surface area contributed by atoms with Crippen LogP contribution in [0.3, 0.4) is 0 Å². The molecule has 98 valence electrons. The lowest BCUT2D eigenvalue weighted by atomic mass is 9.90. The van der Waals surface area contributed by atoms with Gasteiger partial charge in [-0.05, 0) is 55.4 Å². The highest BCUT2D eigenvalue weighted by molar-refractivity contribution is 5.68. The third-order valence-electron chi connectivity index (χ3n) is 4.01.